The molecule has 1 amide bonds. The first-order chi connectivity index (χ1) is 8.41. The van der Waals surface area contributed by atoms with Crippen molar-refractivity contribution in [3.8, 4) is 0 Å². The number of thiazole rings is 1. The molecule has 9 heteroatoms. The fraction of sp³-hybridized carbons (Fsp3) is 0.556. The molecule has 1 aromatic heterocycles. The Labute approximate surface area is 109 Å². The quantitative estimate of drug-likeness (QED) is 0.507. The summed E-state index contributed by atoms with van der Waals surface area (Å²) in [6.07, 6.45) is -4.23. The predicted octanol–water partition coefficient (Wildman–Crippen LogP) is -1.40. The van der Waals surface area contributed by atoms with Gasteiger partial charge in [0.2, 0.25) is 0 Å². The van der Waals surface area contributed by atoms with Crippen molar-refractivity contribution < 1.29 is 24.9 Å². The molecule has 0 saturated carbocycles. The number of primary amides is 1. The van der Waals surface area contributed by atoms with Gasteiger partial charge < -0.3 is 25.8 Å². The lowest BCUT2D eigenvalue weighted by molar-refractivity contribution is -0.0353. The van der Waals surface area contributed by atoms with Crippen LogP contribution in [0.4, 0.5) is 0 Å². The van der Waals surface area contributed by atoms with Gasteiger partial charge in [-0.1, -0.05) is 0 Å². The van der Waals surface area contributed by atoms with Gasteiger partial charge in [-0.05, 0) is 0 Å². The number of nitrogens with two attached hydrogens (primary N) is 1. The summed E-state index contributed by atoms with van der Waals surface area (Å²) in [7, 11) is 2.08. The van der Waals surface area contributed by atoms with E-state index in [1.807, 2.05) is 0 Å². The number of amides is 1. The van der Waals surface area contributed by atoms with Crippen LogP contribution in [0.1, 0.15) is 21.6 Å². The van der Waals surface area contributed by atoms with Crippen LogP contribution >= 0.6 is 20.6 Å². The van der Waals surface area contributed by atoms with Crippen LogP contribution < -0.4 is 5.73 Å². The van der Waals surface area contributed by atoms with E-state index >= 15 is 0 Å². The highest BCUT2D eigenvalue weighted by Gasteiger charge is 2.46. The van der Waals surface area contributed by atoms with Gasteiger partial charge in [0.15, 0.2) is 0 Å². The second-order valence-corrected chi connectivity index (χ2v) is 5.50. The molecule has 5 N–H and O–H groups in total. The van der Waals surface area contributed by atoms with E-state index in [1.54, 1.807) is 0 Å². The van der Waals surface area contributed by atoms with Crippen molar-refractivity contribution in [3.05, 3.63) is 16.1 Å². The van der Waals surface area contributed by atoms with Gasteiger partial charge >= 0.3 is 0 Å². The van der Waals surface area contributed by atoms with E-state index < -0.39 is 36.2 Å². The summed E-state index contributed by atoms with van der Waals surface area (Å²) in [6, 6.07) is 0. The molecule has 0 bridgehead atoms. The highest BCUT2D eigenvalue weighted by molar-refractivity contribution is 7.17. The molecule has 2 unspecified atom stereocenters. The van der Waals surface area contributed by atoms with Crippen molar-refractivity contribution in [3.63, 3.8) is 0 Å². The Morgan fingerprint density at radius 2 is 2.22 bits per heavy atom. The number of aliphatic hydroxyl groups excluding tert-OH is 3. The van der Waals surface area contributed by atoms with E-state index in [-0.39, 0.29) is 5.69 Å². The molecule has 2 rings (SSSR count). The minimum Gasteiger partial charge on any atom is -0.387 e. The number of carbonyl (C=O) groups is 1. The maximum absolute atomic E-state index is 10.9. The Balaban J connectivity index is 2.20. The van der Waals surface area contributed by atoms with E-state index in [1.165, 1.54) is 5.38 Å². The smallest absolute Gasteiger partial charge is 0.268 e. The van der Waals surface area contributed by atoms with Crippen LogP contribution in [0.2, 0.25) is 0 Å². The maximum atomic E-state index is 10.9. The van der Waals surface area contributed by atoms with Crippen LogP contribution in [0.3, 0.4) is 0 Å². The molecule has 1 saturated heterocycles. The van der Waals surface area contributed by atoms with Crippen LogP contribution in [0.5, 0.6) is 0 Å². The number of nitrogens with zero attached hydrogens (tertiary/aromatic N) is 1. The van der Waals surface area contributed by atoms with Crippen molar-refractivity contribution in [1.29, 1.82) is 0 Å². The second-order valence-electron chi connectivity index (χ2n) is 3.93. The lowest BCUT2D eigenvalue weighted by Crippen LogP contribution is -2.35. The lowest BCUT2D eigenvalue weighted by Gasteiger charge is -2.16. The molecule has 0 spiro atoms. The first-order valence-electron chi connectivity index (χ1n) is 5.12. The molecule has 0 aromatic carbocycles. The third-order valence-corrected chi connectivity index (χ3v) is 3.94. The largest absolute Gasteiger partial charge is 0.387 e. The second kappa shape index (κ2) is 5.16. The molecule has 7 nitrogen and oxygen atoms in total. The van der Waals surface area contributed by atoms with E-state index in [0.29, 0.717) is 5.01 Å². The minimum absolute atomic E-state index is 0.0789. The number of carbonyl (C=O) groups excluding carboxylic acids is 1. The molecular formula is C9H13N2O5PS. The van der Waals surface area contributed by atoms with Crippen molar-refractivity contribution in [2.45, 2.75) is 30.3 Å². The number of ether oxygens (including phenoxy) is 1. The summed E-state index contributed by atoms with van der Waals surface area (Å²) in [5, 5.41) is 30.7. The van der Waals surface area contributed by atoms with Gasteiger partial charge in [-0.2, -0.15) is 0 Å². The third kappa shape index (κ3) is 2.40. The van der Waals surface area contributed by atoms with Crippen LogP contribution in [0.15, 0.2) is 5.38 Å². The van der Waals surface area contributed by atoms with Gasteiger partial charge in [-0.3, -0.25) is 4.79 Å². The molecule has 2 heterocycles. The van der Waals surface area contributed by atoms with Crippen molar-refractivity contribution in [2.75, 3.05) is 0 Å². The molecular weight excluding hydrogens is 279 g/mol. The lowest BCUT2D eigenvalue weighted by atomic mass is 10.1. The van der Waals surface area contributed by atoms with Gasteiger partial charge in [0.25, 0.3) is 5.91 Å². The van der Waals surface area contributed by atoms with Crippen LogP contribution in [0, 0.1) is 0 Å². The summed E-state index contributed by atoms with van der Waals surface area (Å²) in [5.74, 6) is -1.68. The first kappa shape index (κ1) is 13.8. The Bertz CT molecular complexity index is 454. The Morgan fingerprint density at radius 3 is 2.67 bits per heavy atom. The van der Waals surface area contributed by atoms with Crippen molar-refractivity contribution in [2.24, 2.45) is 5.73 Å². The van der Waals surface area contributed by atoms with Gasteiger partial charge in [-0.25, -0.2) is 4.98 Å². The number of hydrogen-bond acceptors (Lipinski definition) is 7. The summed E-state index contributed by atoms with van der Waals surface area (Å²) in [5.41, 5.74) is 5.15. The first-order valence-corrected chi connectivity index (χ1v) is 6.67. The number of rotatable bonds is 3. The van der Waals surface area contributed by atoms with E-state index in [0.717, 1.165) is 11.3 Å². The van der Waals surface area contributed by atoms with Gasteiger partial charge in [0, 0.05) is 5.38 Å². The molecule has 0 aliphatic carbocycles. The molecule has 1 aromatic rings. The Morgan fingerprint density at radius 1 is 1.56 bits per heavy atom. The molecule has 6 atom stereocenters. The van der Waals surface area contributed by atoms with Gasteiger partial charge in [0.05, 0.1) is 5.85 Å². The molecule has 0 radical (unpaired) electrons. The van der Waals surface area contributed by atoms with Crippen LogP contribution in [0.25, 0.3) is 0 Å². The van der Waals surface area contributed by atoms with Crippen LogP contribution in [-0.4, -0.2) is 50.4 Å². The van der Waals surface area contributed by atoms with Crippen molar-refractivity contribution in [1.82, 2.24) is 4.98 Å². The van der Waals surface area contributed by atoms with Crippen LogP contribution in [-0.2, 0) is 4.74 Å². The average molecular weight is 292 g/mol. The fourth-order valence-electron chi connectivity index (χ4n) is 1.72. The zero-order valence-corrected chi connectivity index (χ0v) is 11.1. The molecule has 18 heavy (non-hydrogen) atoms. The maximum Gasteiger partial charge on any atom is 0.268 e. The molecule has 100 valence electrons. The Kier molecular flexibility index (Phi) is 3.96. The standard InChI is InChI=1S/C9H13N2O5PS/c10-7(14)2-1-18-8(11-2)5-3(12)4(13)6(16-5)9(15)17/h1,3-6,9,12-13,15H,17H2,(H2,10,14)/t3-,4+,5-,6+,9?/m1/s1. The zero-order valence-electron chi connectivity index (χ0n) is 9.13. The number of aliphatic hydroxyl groups is 3. The summed E-state index contributed by atoms with van der Waals surface area (Å²) in [4.78, 5) is 14.8. The van der Waals surface area contributed by atoms with E-state index in [2.05, 4.69) is 14.2 Å². The van der Waals surface area contributed by atoms with Gasteiger partial charge in [0.1, 0.15) is 35.1 Å². The fourth-order valence-corrected chi connectivity index (χ4v) is 2.92. The third-order valence-electron chi connectivity index (χ3n) is 2.65. The number of aromatic nitrogens is 1. The van der Waals surface area contributed by atoms with E-state index in [9.17, 15) is 20.1 Å². The minimum atomic E-state index is -1.22. The summed E-state index contributed by atoms with van der Waals surface area (Å²) < 4.78 is 5.35. The summed E-state index contributed by atoms with van der Waals surface area (Å²) >= 11 is 1.10. The SMILES string of the molecule is NC(=O)c1csc([C@@H]2O[C@H](C(O)P)[C@@H](O)[C@H]2O)n1. The highest BCUT2D eigenvalue weighted by Crippen LogP contribution is 2.37. The van der Waals surface area contributed by atoms with Gasteiger partial charge in [-0.15, -0.1) is 20.6 Å². The zero-order chi connectivity index (χ0) is 13.4. The molecule has 1 fully saturated rings. The number of hydrogen-bond donors (Lipinski definition) is 4. The predicted molar refractivity (Wildman–Crippen MR) is 66.0 cm³/mol. The van der Waals surface area contributed by atoms with E-state index in [4.69, 9.17) is 10.5 Å². The highest BCUT2D eigenvalue weighted by atomic mass is 32.1. The Hall–Kier alpha value is -0.630. The topological polar surface area (TPSA) is 126 Å². The monoisotopic (exact) mass is 292 g/mol. The molecule has 1 aliphatic heterocycles. The summed E-state index contributed by atoms with van der Waals surface area (Å²) in [6.45, 7) is 0. The molecule has 1 aliphatic rings. The normalized spacial score (nSPS) is 33.6. The van der Waals surface area contributed by atoms with Crippen molar-refractivity contribution >= 4 is 26.5 Å². The average Bonchev–Trinajstić information content (AvgIpc) is 2.86.